The Morgan fingerprint density at radius 1 is 1.11 bits per heavy atom. The van der Waals surface area contributed by atoms with E-state index >= 15 is 0 Å². The van der Waals surface area contributed by atoms with Gasteiger partial charge < -0.3 is 5.73 Å². The van der Waals surface area contributed by atoms with E-state index in [1.54, 1.807) is 0 Å². The zero-order chi connectivity index (χ0) is 13.8. The molecule has 1 aliphatic rings. The van der Waals surface area contributed by atoms with Crippen LogP contribution < -0.4 is 5.73 Å². The predicted octanol–water partition coefficient (Wildman–Crippen LogP) is 4.00. The van der Waals surface area contributed by atoms with E-state index in [1.165, 1.54) is 38.5 Å². The molecule has 19 heavy (non-hydrogen) atoms. The van der Waals surface area contributed by atoms with Crippen LogP contribution >= 0.6 is 0 Å². The Kier molecular flexibility index (Phi) is 4.78. The number of hydrogen-bond acceptors (Lipinski definition) is 3. The molecule has 0 atom stereocenters. The average molecular weight is 261 g/mol. The maximum atomic E-state index is 6.03. The normalized spacial score (nSPS) is 23.5. The maximum Gasteiger partial charge on any atom is 0.134 e. The van der Waals surface area contributed by atoms with Crippen molar-refractivity contribution in [3.63, 3.8) is 0 Å². The molecule has 0 spiro atoms. The zero-order valence-corrected chi connectivity index (χ0v) is 12.6. The Labute approximate surface area is 117 Å². The lowest BCUT2D eigenvalue weighted by Gasteiger charge is -2.27. The monoisotopic (exact) mass is 261 g/mol. The third-order valence-electron chi connectivity index (χ3n) is 4.55. The van der Waals surface area contributed by atoms with Crippen molar-refractivity contribution < 1.29 is 0 Å². The van der Waals surface area contributed by atoms with Crippen molar-refractivity contribution in [1.29, 1.82) is 0 Å². The summed E-state index contributed by atoms with van der Waals surface area (Å²) in [5.41, 5.74) is 8.21. The Balaban J connectivity index is 2.09. The van der Waals surface area contributed by atoms with Crippen molar-refractivity contribution in [3.8, 4) is 0 Å². The number of rotatable bonds is 4. The van der Waals surface area contributed by atoms with Crippen LogP contribution in [0.1, 0.15) is 75.4 Å². The van der Waals surface area contributed by atoms with E-state index in [2.05, 4.69) is 18.8 Å². The number of anilines is 1. The van der Waals surface area contributed by atoms with Crippen LogP contribution in [-0.2, 0) is 6.42 Å². The second kappa shape index (κ2) is 6.36. The maximum absolute atomic E-state index is 6.03. The van der Waals surface area contributed by atoms with Gasteiger partial charge in [-0.25, -0.2) is 9.97 Å². The van der Waals surface area contributed by atoms with E-state index in [4.69, 9.17) is 10.7 Å². The first-order chi connectivity index (χ1) is 9.15. The minimum absolute atomic E-state index is 0.529. The van der Waals surface area contributed by atoms with Crippen molar-refractivity contribution in [2.45, 2.75) is 71.6 Å². The Morgan fingerprint density at radius 2 is 1.79 bits per heavy atom. The minimum Gasteiger partial charge on any atom is -0.383 e. The first-order valence-corrected chi connectivity index (χ1v) is 7.78. The van der Waals surface area contributed by atoms with Crippen LogP contribution in [-0.4, -0.2) is 9.97 Å². The van der Waals surface area contributed by atoms with E-state index in [1.807, 2.05) is 6.92 Å². The van der Waals surface area contributed by atoms with Gasteiger partial charge >= 0.3 is 0 Å². The molecule has 3 heteroatoms. The van der Waals surface area contributed by atoms with Crippen molar-refractivity contribution >= 4 is 5.82 Å². The standard InChI is InChI=1S/C16H27N3/c1-4-6-12-7-9-13(10-8-12)16-18-14(5-2)11(3)15(17)19-16/h12-13H,4-10H2,1-3H3,(H2,17,18,19). The molecule has 2 rings (SSSR count). The van der Waals surface area contributed by atoms with Gasteiger partial charge in [-0.1, -0.05) is 26.7 Å². The summed E-state index contributed by atoms with van der Waals surface area (Å²) < 4.78 is 0. The van der Waals surface area contributed by atoms with Crippen LogP contribution in [0.2, 0.25) is 0 Å². The third kappa shape index (κ3) is 3.26. The fourth-order valence-corrected chi connectivity index (χ4v) is 3.25. The van der Waals surface area contributed by atoms with Crippen LogP contribution in [0.5, 0.6) is 0 Å². The minimum atomic E-state index is 0.529. The molecule has 0 bridgehead atoms. The Hall–Kier alpha value is -1.12. The molecule has 1 saturated carbocycles. The Morgan fingerprint density at radius 3 is 2.37 bits per heavy atom. The van der Waals surface area contributed by atoms with Crippen LogP contribution in [0, 0.1) is 12.8 Å². The van der Waals surface area contributed by atoms with Gasteiger partial charge in [0.15, 0.2) is 0 Å². The SMILES string of the molecule is CCCC1CCC(c2nc(N)c(C)c(CC)n2)CC1. The van der Waals surface area contributed by atoms with Gasteiger partial charge in [0.05, 0.1) is 0 Å². The van der Waals surface area contributed by atoms with Crippen LogP contribution in [0.25, 0.3) is 0 Å². The van der Waals surface area contributed by atoms with Crippen molar-refractivity contribution in [1.82, 2.24) is 9.97 Å². The molecular weight excluding hydrogens is 234 g/mol. The summed E-state index contributed by atoms with van der Waals surface area (Å²) >= 11 is 0. The lowest BCUT2D eigenvalue weighted by atomic mass is 9.79. The molecule has 0 amide bonds. The van der Waals surface area contributed by atoms with Crippen molar-refractivity contribution in [3.05, 3.63) is 17.1 Å². The fourth-order valence-electron chi connectivity index (χ4n) is 3.25. The van der Waals surface area contributed by atoms with E-state index in [0.717, 1.165) is 29.4 Å². The number of aryl methyl sites for hydroxylation is 1. The molecule has 2 N–H and O–H groups in total. The van der Waals surface area contributed by atoms with Crippen LogP contribution in [0.3, 0.4) is 0 Å². The van der Waals surface area contributed by atoms with E-state index in [0.29, 0.717) is 11.7 Å². The van der Waals surface area contributed by atoms with E-state index in [-0.39, 0.29) is 0 Å². The third-order valence-corrected chi connectivity index (χ3v) is 4.55. The van der Waals surface area contributed by atoms with Gasteiger partial charge in [-0.3, -0.25) is 0 Å². The second-order valence-corrected chi connectivity index (χ2v) is 5.90. The number of nitrogen functional groups attached to an aromatic ring is 1. The molecule has 106 valence electrons. The van der Waals surface area contributed by atoms with Gasteiger partial charge in [0, 0.05) is 17.2 Å². The molecule has 1 fully saturated rings. The van der Waals surface area contributed by atoms with Gasteiger partial charge in [-0.2, -0.15) is 0 Å². The molecule has 0 aliphatic heterocycles. The fraction of sp³-hybridized carbons (Fsp3) is 0.750. The van der Waals surface area contributed by atoms with Gasteiger partial charge in [0.25, 0.3) is 0 Å². The number of nitrogens with two attached hydrogens (primary N) is 1. The second-order valence-electron chi connectivity index (χ2n) is 5.90. The quantitative estimate of drug-likeness (QED) is 0.891. The summed E-state index contributed by atoms with van der Waals surface area (Å²) in [7, 11) is 0. The molecule has 1 heterocycles. The summed E-state index contributed by atoms with van der Waals surface area (Å²) in [6.07, 6.45) is 8.75. The molecular formula is C16H27N3. The molecule has 0 saturated heterocycles. The number of nitrogens with zero attached hydrogens (tertiary/aromatic N) is 2. The van der Waals surface area contributed by atoms with Gasteiger partial charge in [0.2, 0.25) is 0 Å². The molecule has 0 aromatic carbocycles. The lowest BCUT2D eigenvalue weighted by Crippen LogP contribution is -2.17. The summed E-state index contributed by atoms with van der Waals surface area (Å²) in [6.45, 7) is 6.44. The highest BCUT2D eigenvalue weighted by atomic mass is 15.0. The molecule has 1 aromatic rings. The Bertz CT molecular complexity index is 420. The molecule has 0 radical (unpaired) electrons. The van der Waals surface area contributed by atoms with Crippen molar-refractivity contribution in [2.75, 3.05) is 5.73 Å². The first kappa shape index (κ1) is 14.3. The van der Waals surface area contributed by atoms with E-state index < -0.39 is 0 Å². The topological polar surface area (TPSA) is 51.8 Å². The van der Waals surface area contributed by atoms with Gasteiger partial charge in [0.1, 0.15) is 11.6 Å². The number of aromatic nitrogens is 2. The summed E-state index contributed by atoms with van der Waals surface area (Å²) in [5.74, 6) is 3.13. The van der Waals surface area contributed by atoms with Crippen LogP contribution in [0.4, 0.5) is 5.82 Å². The predicted molar refractivity (Wildman–Crippen MR) is 80.2 cm³/mol. The van der Waals surface area contributed by atoms with Gasteiger partial charge in [-0.15, -0.1) is 0 Å². The molecule has 1 aliphatic carbocycles. The summed E-state index contributed by atoms with van der Waals surface area (Å²) in [5, 5.41) is 0. The molecule has 0 unspecified atom stereocenters. The highest BCUT2D eigenvalue weighted by Crippen LogP contribution is 2.36. The zero-order valence-electron chi connectivity index (χ0n) is 12.6. The smallest absolute Gasteiger partial charge is 0.134 e. The molecule has 1 aromatic heterocycles. The largest absolute Gasteiger partial charge is 0.383 e. The highest BCUT2D eigenvalue weighted by molar-refractivity contribution is 5.41. The first-order valence-electron chi connectivity index (χ1n) is 7.78. The van der Waals surface area contributed by atoms with Crippen LogP contribution in [0.15, 0.2) is 0 Å². The number of hydrogen-bond donors (Lipinski definition) is 1. The summed E-state index contributed by atoms with van der Waals surface area (Å²) in [4.78, 5) is 9.30. The van der Waals surface area contributed by atoms with Crippen molar-refractivity contribution in [2.24, 2.45) is 5.92 Å². The highest BCUT2D eigenvalue weighted by Gasteiger charge is 2.24. The average Bonchev–Trinajstić information content (AvgIpc) is 2.43. The summed E-state index contributed by atoms with van der Waals surface area (Å²) in [6, 6.07) is 0. The van der Waals surface area contributed by atoms with E-state index in [9.17, 15) is 0 Å². The van der Waals surface area contributed by atoms with Gasteiger partial charge in [-0.05, 0) is 44.9 Å². The lowest BCUT2D eigenvalue weighted by molar-refractivity contribution is 0.302. The molecule has 3 nitrogen and oxygen atoms in total.